The zero-order valence-corrected chi connectivity index (χ0v) is 10.2. The Morgan fingerprint density at radius 3 is 2.71 bits per heavy atom. The van der Waals surface area contributed by atoms with Gasteiger partial charge in [-0.1, -0.05) is 19.8 Å². The molecule has 0 amide bonds. The Kier molecular flexibility index (Phi) is 3.45. The first-order valence-electron chi connectivity index (χ1n) is 6.27. The van der Waals surface area contributed by atoms with Gasteiger partial charge in [0, 0.05) is 0 Å². The van der Waals surface area contributed by atoms with Gasteiger partial charge in [0.15, 0.2) is 5.54 Å². The summed E-state index contributed by atoms with van der Waals surface area (Å²) in [5.41, 5.74) is -0.860. The first-order valence-corrected chi connectivity index (χ1v) is 6.27. The second-order valence-electron chi connectivity index (χ2n) is 4.91. The number of aliphatic carboxylic acids is 1. The maximum Gasteiger partial charge on any atom is 0.331 e. The van der Waals surface area contributed by atoms with Crippen molar-refractivity contribution in [2.75, 3.05) is 0 Å². The SMILES string of the molecule is CCCC1CCC(C(=O)O)(n2cncn2)CC1. The van der Waals surface area contributed by atoms with Gasteiger partial charge in [0.25, 0.3) is 0 Å². The molecule has 0 unspecified atom stereocenters. The summed E-state index contributed by atoms with van der Waals surface area (Å²) in [6, 6.07) is 0. The van der Waals surface area contributed by atoms with E-state index in [2.05, 4.69) is 17.0 Å². The molecule has 17 heavy (non-hydrogen) atoms. The minimum atomic E-state index is -0.860. The van der Waals surface area contributed by atoms with E-state index >= 15 is 0 Å². The fraction of sp³-hybridized carbons (Fsp3) is 0.750. The smallest absolute Gasteiger partial charge is 0.331 e. The first kappa shape index (κ1) is 12.1. The highest BCUT2D eigenvalue weighted by molar-refractivity contribution is 5.76. The van der Waals surface area contributed by atoms with Gasteiger partial charge in [-0.05, 0) is 31.6 Å². The number of carbonyl (C=O) groups is 1. The highest BCUT2D eigenvalue weighted by Gasteiger charge is 2.44. The monoisotopic (exact) mass is 237 g/mol. The summed E-state index contributed by atoms with van der Waals surface area (Å²) in [5, 5.41) is 13.5. The Morgan fingerprint density at radius 1 is 1.53 bits per heavy atom. The molecule has 2 rings (SSSR count). The van der Waals surface area contributed by atoms with Crippen molar-refractivity contribution in [2.45, 2.75) is 51.0 Å². The van der Waals surface area contributed by atoms with Crippen LogP contribution < -0.4 is 0 Å². The minimum Gasteiger partial charge on any atom is -0.479 e. The molecule has 0 atom stereocenters. The average molecular weight is 237 g/mol. The van der Waals surface area contributed by atoms with Gasteiger partial charge in [-0.25, -0.2) is 14.5 Å². The molecule has 0 radical (unpaired) electrons. The number of carboxylic acid groups (broad SMARTS) is 1. The molecule has 0 bridgehead atoms. The van der Waals surface area contributed by atoms with Crippen LogP contribution in [0, 0.1) is 5.92 Å². The molecule has 0 spiro atoms. The van der Waals surface area contributed by atoms with Crippen molar-refractivity contribution < 1.29 is 9.90 Å². The molecule has 1 saturated carbocycles. The van der Waals surface area contributed by atoms with Gasteiger partial charge >= 0.3 is 5.97 Å². The normalized spacial score (nSPS) is 29.1. The van der Waals surface area contributed by atoms with Crippen LogP contribution in [0.15, 0.2) is 12.7 Å². The average Bonchev–Trinajstić information content (AvgIpc) is 2.84. The lowest BCUT2D eigenvalue weighted by Gasteiger charge is -2.36. The van der Waals surface area contributed by atoms with E-state index in [4.69, 9.17) is 0 Å². The van der Waals surface area contributed by atoms with Crippen LogP contribution in [-0.4, -0.2) is 25.8 Å². The molecule has 0 aliphatic heterocycles. The number of hydrogen-bond acceptors (Lipinski definition) is 3. The van der Waals surface area contributed by atoms with Crippen LogP contribution in [0.5, 0.6) is 0 Å². The number of carboxylic acids is 1. The standard InChI is InChI=1S/C12H19N3O2/c1-2-3-10-4-6-12(7-5-10,11(16)17)15-9-13-8-14-15/h8-10H,2-7H2,1H3,(H,16,17). The van der Waals surface area contributed by atoms with Crippen LogP contribution >= 0.6 is 0 Å². The first-order chi connectivity index (χ1) is 8.19. The van der Waals surface area contributed by atoms with Gasteiger partial charge in [-0.2, -0.15) is 5.10 Å². The molecule has 1 aliphatic rings. The maximum atomic E-state index is 11.6. The Morgan fingerprint density at radius 2 is 2.24 bits per heavy atom. The molecule has 94 valence electrons. The second-order valence-corrected chi connectivity index (χ2v) is 4.91. The fourth-order valence-corrected chi connectivity index (χ4v) is 2.82. The van der Waals surface area contributed by atoms with Gasteiger partial charge in [-0.3, -0.25) is 0 Å². The highest BCUT2D eigenvalue weighted by atomic mass is 16.4. The van der Waals surface area contributed by atoms with Crippen molar-refractivity contribution in [3.63, 3.8) is 0 Å². The number of aromatic nitrogens is 3. The van der Waals surface area contributed by atoms with Crippen LogP contribution in [0.4, 0.5) is 0 Å². The van der Waals surface area contributed by atoms with Gasteiger partial charge in [0.2, 0.25) is 0 Å². The Hall–Kier alpha value is -1.39. The lowest BCUT2D eigenvalue weighted by Crippen LogP contribution is -2.45. The molecule has 5 nitrogen and oxygen atoms in total. The molecular weight excluding hydrogens is 218 g/mol. The van der Waals surface area contributed by atoms with Gasteiger partial charge in [0.1, 0.15) is 12.7 Å². The lowest BCUT2D eigenvalue weighted by molar-refractivity contribution is -0.150. The molecule has 0 saturated heterocycles. The van der Waals surface area contributed by atoms with E-state index in [9.17, 15) is 9.90 Å². The zero-order chi connectivity index (χ0) is 12.3. The Labute approximate surface area is 101 Å². The molecule has 1 N–H and O–H groups in total. The number of rotatable bonds is 4. The van der Waals surface area contributed by atoms with Crippen molar-refractivity contribution in [3.05, 3.63) is 12.7 Å². The lowest BCUT2D eigenvalue weighted by atomic mass is 9.75. The van der Waals surface area contributed by atoms with Crippen LogP contribution in [0.3, 0.4) is 0 Å². The summed E-state index contributed by atoms with van der Waals surface area (Å²) in [4.78, 5) is 15.4. The van der Waals surface area contributed by atoms with Crippen molar-refractivity contribution in [1.29, 1.82) is 0 Å². The van der Waals surface area contributed by atoms with Crippen molar-refractivity contribution in [1.82, 2.24) is 14.8 Å². The molecule has 1 aromatic heterocycles. The third-order valence-electron chi connectivity index (χ3n) is 3.88. The van der Waals surface area contributed by atoms with E-state index in [0.29, 0.717) is 18.8 Å². The summed E-state index contributed by atoms with van der Waals surface area (Å²) in [7, 11) is 0. The molecule has 1 aliphatic carbocycles. The number of nitrogens with zero attached hydrogens (tertiary/aromatic N) is 3. The van der Waals surface area contributed by atoms with Crippen molar-refractivity contribution in [2.24, 2.45) is 5.92 Å². The zero-order valence-electron chi connectivity index (χ0n) is 10.2. The largest absolute Gasteiger partial charge is 0.479 e. The summed E-state index contributed by atoms with van der Waals surface area (Å²) < 4.78 is 1.53. The summed E-state index contributed by atoms with van der Waals surface area (Å²) >= 11 is 0. The summed E-state index contributed by atoms with van der Waals surface area (Å²) in [6.45, 7) is 2.18. The molecule has 1 fully saturated rings. The number of hydrogen-bond donors (Lipinski definition) is 1. The second kappa shape index (κ2) is 4.85. The van der Waals surface area contributed by atoms with Crippen LogP contribution in [0.2, 0.25) is 0 Å². The third-order valence-corrected chi connectivity index (χ3v) is 3.88. The maximum absolute atomic E-state index is 11.6. The summed E-state index contributed by atoms with van der Waals surface area (Å²) in [6.07, 6.45) is 8.57. The Balaban J connectivity index is 2.14. The summed E-state index contributed by atoms with van der Waals surface area (Å²) in [5.74, 6) is -0.103. The third kappa shape index (κ3) is 2.18. The van der Waals surface area contributed by atoms with Gasteiger partial charge in [-0.15, -0.1) is 0 Å². The molecule has 5 heteroatoms. The van der Waals surface area contributed by atoms with E-state index in [1.165, 1.54) is 30.2 Å². The predicted octanol–water partition coefficient (Wildman–Crippen LogP) is 2.05. The van der Waals surface area contributed by atoms with Gasteiger partial charge in [0.05, 0.1) is 0 Å². The van der Waals surface area contributed by atoms with E-state index in [1.807, 2.05) is 0 Å². The van der Waals surface area contributed by atoms with E-state index in [-0.39, 0.29) is 0 Å². The molecule has 0 aromatic carbocycles. The van der Waals surface area contributed by atoms with Gasteiger partial charge < -0.3 is 5.11 Å². The molecule has 1 aromatic rings. The fourth-order valence-electron chi connectivity index (χ4n) is 2.82. The van der Waals surface area contributed by atoms with Crippen LogP contribution in [0.25, 0.3) is 0 Å². The van der Waals surface area contributed by atoms with Crippen LogP contribution in [0.1, 0.15) is 45.4 Å². The quantitative estimate of drug-likeness (QED) is 0.870. The van der Waals surface area contributed by atoms with E-state index in [1.54, 1.807) is 0 Å². The van der Waals surface area contributed by atoms with E-state index in [0.717, 1.165) is 12.8 Å². The van der Waals surface area contributed by atoms with Crippen molar-refractivity contribution in [3.8, 4) is 0 Å². The molecule has 1 heterocycles. The van der Waals surface area contributed by atoms with Crippen LogP contribution in [-0.2, 0) is 10.3 Å². The minimum absolute atomic E-state index is 0.663. The van der Waals surface area contributed by atoms with Crippen molar-refractivity contribution >= 4 is 5.97 Å². The Bertz CT molecular complexity index is 367. The van der Waals surface area contributed by atoms with E-state index < -0.39 is 11.5 Å². The molecular formula is C12H19N3O2. The highest BCUT2D eigenvalue weighted by Crippen LogP contribution is 2.39. The predicted molar refractivity (Wildman–Crippen MR) is 62.5 cm³/mol. The topological polar surface area (TPSA) is 68.0 Å².